The quantitative estimate of drug-likeness (QED) is 0.131. The summed E-state index contributed by atoms with van der Waals surface area (Å²) in [5.41, 5.74) is 3.59. The van der Waals surface area contributed by atoms with Gasteiger partial charge in [0.2, 0.25) is 5.88 Å². The van der Waals surface area contributed by atoms with Crippen LogP contribution >= 0.6 is 0 Å². The van der Waals surface area contributed by atoms with Gasteiger partial charge in [0, 0.05) is 53.3 Å². The van der Waals surface area contributed by atoms with Gasteiger partial charge < -0.3 is 14.4 Å². The third kappa shape index (κ3) is 6.24. The third-order valence-corrected chi connectivity index (χ3v) is 5.67. The first-order valence-electron chi connectivity index (χ1n) is 12.1. The van der Waals surface area contributed by atoms with E-state index in [1.807, 2.05) is 91.1 Å². The summed E-state index contributed by atoms with van der Waals surface area (Å²) in [6.45, 7) is 0. The van der Waals surface area contributed by atoms with E-state index in [1.165, 1.54) is 0 Å². The predicted molar refractivity (Wildman–Crippen MR) is 147 cm³/mol. The van der Waals surface area contributed by atoms with E-state index in [0.29, 0.717) is 23.1 Å². The Labute approximate surface area is 240 Å². The topological polar surface area (TPSA) is 52.4 Å². The first kappa shape index (κ1) is 25.9. The molecule has 7 heteroatoms. The molecule has 2 aromatic heterocycles. The zero-order valence-electron chi connectivity index (χ0n) is 20.6. The van der Waals surface area contributed by atoms with Gasteiger partial charge in [-0.1, -0.05) is 54.2 Å². The van der Waals surface area contributed by atoms with Crippen molar-refractivity contribution in [2.45, 2.75) is 0 Å². The number of ether oxygens (including phenoxy) is 2. The summed E-state index contributed by atoms with van der Waals surface area (Å²) < 4.78 is 14.1. The minimum Gasteiger partial charge on any atom is -0.509 e. The van der Waals surface area contributed by atoms with Gasteiger partial charge in [-0.25, -0.2) is 4.98 Å². The normalized spacial score (nSPS) is 10.4. The van der Waals surface area contributed by atoms with Gasteiger partial charge in [0.25, 0.3) is 0 Å². The maximum absolute atomic E-state index is 6.28. The fraction of sp³-hybridized carbons (Fsp3) is 0. The van der Waals surface area contributed by atoms with Gasteiger partial charge in [0.05, 0.1) is 0 Å². The van der Waals surface area contributed by atoms with Gasteiger partial charge in [0.1, 0.15) is 0 Å². The molecule has 0 saturated heterocycles. The SMILES string of the molecule is [Pd+2].[c-]1c(Oc2[c-]c(-n3cccn3)ccc2)cc(N(c2ccccc2)c2ccccc2)cc1Oc1ccccn1. The largest absolute Gasteiger partial charge is 2.00 e. The molecule has 0 saturated carbocycles. The summed E-state index contributed by atoms with van der Waals surface area (Å²) >= 11 is 0. The molecule has 0 radical (unpaired) electrons. The van der Waals surface area contributed by atoms with E-state index >= 15 is 0 Å². The van der Waals surface area contributed by atoms with E-state index in [9.17, 15) is 0 Å². The minimum atomic E-state index is 0. The molecule has 0 spiro atoms. The Hall–Kier alpha value is -4.70. The first-order chi connectivity index (χ1) is 18.8. The Bertz CT molecular complexity index is 1570. The maximum atomic E-state index is 6.28. The Morgan fingerprint density at radius 3 is 1.92 bits per heavy atom. The zero-order valence-corrected chi connectivity index (χ0v) is 22.2. The van der Waals surface area contributed by atoms with Crippen molar-refractivity contribution in [1.29, 1.82) is 0 Å². The Morgan fingerprint density at radius 2 is 1.28 bits per heavy atom. The van der Waals surface area contributed by atoms with Gasteiger partial charge in [-0.2, -0.15) is 11.2 Å². The second kappa shape index (κ2) is 12.2. The Morgan fingerprint density at radius 1 is 0.590 bits per heavy atom. The molecular weight excluding hydrogens is 579 g/mol. The van der Waals surface area contributed by atoms with Crippen molar-refractivity contribution >= 4 is 17.1 Å². The summed E-state index contributed by atoms with van der Waals surface area (Å²) in [5, 5.41) is 4.29. The van der Waals surface area contributed by atoms with Crippen LogP contribution in [-0.2, 0) is 20.4 Å². The van der Waals surface area contributed by atoms with Crippen molar-refractivity contribution in [1.82, 2.24) is 14.8 Å². The maximum Gasteiger partial charge on any atom is 2.00 e. The molecule has 0 aliphatic carbocycles. The van der Waals surface area contributed by atoms with Crippen LogP contribution in [0.5, 0.6) is 23.1 Å². The monoisotopic (exact) mass is 600 g/mol. The van der Waals surface area contributed by atoms with Crippen LogP contribution in [-0.4, -0.2) is 14.8 Å². The molecule has 6 nitrogen and oxygen atoms in total. The van der Waals surface area contributed by atoms with Crippen molar-refractivity contribution in [3.63, 3.8) is 0 Å². The molecule has 6 aromatic rings. The second-order valence-electron chi connectivity index (χ2n) is 8.30. The van der Waals surface area contributed by atoms with Crippen LogP contribution < -0.4 is 14.4 Å². The average Bonchev–Trinajstić information content (AvgIpc) is 3.51. The van der Waals surface area contributed by atoms with Crippen molar-refractivity contribution in [2.75, 3.05) is 4.90 Å². The number of nitrogens with zero attached hydrogens (tertiary/aromatic N) is 4. The fourth-order valence-electron chi connectivity index (χ4n) is 4.02. The molecule has 4 aromatic carbocycles. The van der Waals surface area contributed by atoms with Crippen LogP contribution in [0, 0.1) is 12.1 Å². The molecule has 0 N–H and O–H groups in total. The molecule has 0 amide bonds. The van der Waals surface area contributed by atoms with E-state index in [4.69, 9.17) is 9.47 Å². The van der Waals surface area contributed by atoms with Crippen LogP contribution in [0.2, 0.25) is 0 Å². The van der Waals surface area contributed by atoms with Crippen LogP contribution in [0.4, 0.5) is 17.1 Å². The van der Waals surface area contributed by atoms with Crippen molar-refractivity contribution < 1.29 is 29.9 Å². The smallest absolute Gasteiger partial charge is 0.509 e. The van der Waals surface area contributed by atoms with Crippen molar-refractivity contribution in [3.05, 3.63) is 146 Å². The summed E-state index contributed by atoms with van der Waals surface area (Å²) in [7, 11) is 0. The van der Waals surface area contributed by atoms with E-state index in [1.54, 1.807) is 23.1 Å². The van der Waals surface area contributed by atoms with Crippen LogP contribution in [0.25, 0.3) is 5.69 Å². The number of para-hydroxylation sites is 2. The van der Waals surface area contributed by atoms with Crippen LogP contribution in [0.3, 0.4) is 0 Å². The number of anilines is 3. The van der Waals surface area contributed by atoms with Gasteiger partial charge >= 0.3 is 20.4 Å². The van der Waals surface area contributed by atoms with E-state index < -0.39 is 0 Å². The number of benzene rings is 4. The predicted octanol–water partition coefficient (Wildman–Crippen LogP) is 7.92. The Balaban J connectivity index is 0.00000308. The summed E-state index contributed by atoms with van der Waals surface area (Å²) in [4.78, 5) is 6.44. The molecule has 6 rings (SSSR count). The molecule has 39 heavy (non-hydrogen) atoms. The number of rotatable bonds is 8. The van der Waals surface area contributed by atoms with Crippen LogP contribution in [0.15, 0.2) is 134 Å². The molecule has 0 unspecified atom stereocenters. The summed E-state index contributed by atoms with van der Waals surface area (Å²) in [5.74, 6) is 1.93. The van der Waals surface area contributed by atoms with Crippen LogP contribution in [0.1, 0.15) is 0 Å². The number of pyridine rings is 1. The van der Waals surface area contributed by atoms with Gasteiger partial charge in [-0.05, 0) is 42.1 Å². The fourth-order valence-corrected chi connectivity index (χ4v) is 4.02. The molecule has 0 atom stereocenters. The Kier molecular flexibility index (Phi) is 8.13. The van der Waals surface area contributed by atoms with E-state index in [-0.39, 0.29) is 20.4 Å². The average molecular weight is 601 g/mol. The molecule has 2 heterocycles. The number of hydrogen-bond donors (Lipinski definition) is 0. The molecule has 0 aliphatic rings. The standard InChI is InChI=1S/C32H22N4O2.Pd/c1-3-11-25(12-4-1)36(26-13-5-2-6-14-26)28-22-30(24-31(23-28)38-32-17-7-8-18-33-32)37-29-16-9-15-27(21-29)35-20-10-19-34-35;/h1-20,22-23H;/q-2;+2. The summed E-state index contributed by atoms with van der Waals surface area (Å²) in [6, 6.07) is 43.7. The zero-order chi connectivity index (χ0) is 25.6. The second-order valence-corrected chi connectivity index (χ2v) is 8.30. The minimum absolute atomic E-state index is 0. The van der Waals surface area contributed by atoms with E-state index in [2.05, 4.69) is 51.4 Å². The molecule has 0 aliphatic heterocycles. The third-order valence-electron chi connectivity index (χ3n) is 5.67. The summed E-state index contributed by atoms with van der Waals surface area (Å²) in [6.07, 6.45) is 5.27. The van der Waals surface area contributed by atoms with Crippen molar-refractivity contribution in [2.24, 2.45) is 0 Å². The molecular formula is C32H22N4O2Pd. The van der Waals surface area contributed by atoms with E-state index in [0.717, 1.165) is 22.7 Å². The number of hydrogen-bond acceptors (Lipinski definition) is 5. The van der Waals surface area contributed by atoms with Gasteiger partial charge in [-0.15, -0.1) is 30.3 Å². The van der Waals surface area contributed by atoms with Gasteiger partial charge in [-0.3, -0.25) is 4.68 Å². The molecule has 0 fully saturated rings. The van der Waals surface area contributed by atoms with Crippen molar-refractivity contribution in [3.8, 4) is 28.8 Å². The first-order valence-corrected chi connectivity index (χ1v) is 12.1. The number of aromatic nitrogens is 3. The molecule has 192 valence electrons. The molecule has 0 bridgehead atoms. The van der Waals surface area contributed by atoms with Gasteiger partial charge in [0.15, 0.2) is 0 Å².